The molecule has 1 heterocycles. The van der Waals surface area contributed by atoms with Gasteiger partial charge < -0.3 is 10.1 Å². The van der Waals surface area contributed by atoms with Crippen LogP contribution >= 0.6 is 27.3 Å². The molecule has 19 heavy (non-hydrogen) atoms. The molecule has 0 bridgehead atoms. The van der Waals surface area contributed by atoms with Crippen molar-refractivity contribution in [1.29, 1.82) is 0 Å². The Labute approximate surface area is 122 Å². The Bertz CT molecular complexity index is 588. The zero-order chi connectivity index (χ0) is 13.2. The molecule has 3 rings (SSSR count). The molecule has 1 fully saturated rings. The van der Waals surface area contributed by atoms with Crippen LogP contribution in [0.4, 0.5) is 4.39 Å². The van der Waals surface area contributed by atoms with E-state index in [0.29, 0.717) is 21.5 Å². The first kappa shape index (κ1) is 13.0. The molecule has 0 unspecified atom stereocenters. The van der Waals surface area contributed by atoms with Crippen LogP contribution in [-0.4, -0.2) is 16.2 Å². The van der Waals surface area contributed by atoms with E-state index in [1.807, 2.05) is 0 Å². The number of hydrogen-bond donors (Lipinski definition) is 1. The molecule has 1 saturated carbocycles. The minimum Gasteiger partial charge on any atom is -0.429 e. The molecule has 1 aromatic carbocycles. The van der Waals surface area contributed by atoms with E-state index < -0.39 is 0 Å². The number of benzene rings is 1. The van der Waals surface area contributed by atoms with Gasteiger partial charge in [-0.1, -0.05) is 16.4 Å². The first-order chi connectivity index (χ1) is 9.20. The van der Waals surface area contributed by atoms with E-state index in [1.165, 1.54) is 36.3 Å². The Morgan fingerprint density at radius 2 is 2.26 bits per heavy atom. The quantitative estimate of drug-likeness (QED) is 0.902. The van der Waals surface area contributed by atoms with Gasteiger partial charge in [-0.2, -0.15) is 0 Å². The van der Waals surface area contributed by atoms with E-state index >= 15 is 0 Å². The van der Waals surface area contributed by atoms with Crippen molar-refractivity contribution in [1.82, 2.24) is 15.5 Å². The summed E-state index contributed by atoms with van der Waals surface area (Å²) in [5, 5.41) is 12.7. The third kappa shape index (κ3) is 3.49. The van der Waals surface area contributed by atoms with Gasteiger partial charge in [0.2, 0.25) is 0 Å². The van der Waals surface area contributed by atoms with Gasteiger partial charge in [-0.05, 0) is 47.0 Å². The lowest BCUT2D eigenvalue weighted by Crippen LogP contribution is -2.14. The minimum absolute atomic E-state index is 0.314. The molecule has 4 nitrogen and oxygen atoms in total. The molecule has 1 aromatic heterocycles. The van der Waals surface area contributed by atoms with Gasteiger partial charge in [0.25, 0.3) is 5.19 Å². The predicted molar refractivity (Wildman–Crippen MR) is 73.9 cm³/mol. The fraction of sp³-hybridized carbons (Fsp3) is 0.333. The Morgan fingerprint density at radius 3 is 3.00 bits per heavy atom. The summed E-state index contributed by atoms with van der Waals surface area (Å²) in [6.45, 7) is 0.719. The van der Waals surface area contributed by atoms with Gasteiger partial charge in [-0.15, -0.1) is 5.10 Å². The van der Waals surface area contributed by atoms with Gasteiger partial charge in [0.15, 0.2) is 0 Å². The summed E-state index contributed by atoms with van der Waals surface area (Å²) in [5.41, 5.74) is 0. The van der Waals surface area contributed by atoms with E-state index in [-0.39, 0.29) is 5.82 Å². The molecule has 0 radical (unpaired) electrons. The van der Waals surface area contributed by atoms with E-state index in [2.05, 4.69) is 31.4 Å². The third-order valence-corrected chi connectivity index (χ3v) is 4.08. The zero-order valence-electron chi connectivity index (χ0n) is 9.90. The second-order valence-electron chi connectivity index (χ2n) is 4.29. The molecule has 7 heteroatoms. The third-order valence-electron chi connectivity index (χ3n) is 2.66. The molecule has 0 amide bonds. The smallest absolute Gasteiger partial charge is 0.299 e. The summed E-state index contributed by atoms with van der Waals surface area (Å²) in [4.78, 5) is 0. The molecule has 2 aromatic rings. The molecule has 0 aliphatic heterocycles. The van der Waals surface area contributed by atoms with E-state index in [0.717, 1.165) is 11.6 Å². The predicted octanol–water partition coefficient (Wildman–Crippen LogP) is 3.48. The highest BCUT2D eigenvalue weighted by Crippen LogP contribution is 2.31. The molecular formula is C12H11BrFN3OS. The highest BCUT2D eigenvalue weighted by molar-refractivity contribution is 9.10. The van der Waals surface area contributed by atoms with Crippen LogP contribution in [0, 0.1) is 5.82 Å². The van der Waals surface area contributed by atoms with Gasteiger partial charge in [-0.25, -0.2) is 4.39 Å². The first-order valence-electron chi connectivity index (χ1n) is 5.89. The highest BCUT2D eigenvalue weighted by Gasteiger charge is 2.20. The fourth-order valence-electron chi connectivity index (χ4n) is 1.52. The second-order valence-corrected chi connectivity index (χ2v) is 6.17. The second kappa shape index (κ2) is 5.52. The number of nitrogens with one attached hydrogen (secondary N) is 1. The molecule has 100 valence electrons. The maximum Gasteiger partial charge on any atom is 0.299 e. The summed E-state index contributed by atoms with van der Waals surface area (Å²) in [5.74, 6) is 0.213. The standard InChI is InChI=1S/C12H11BrFN3OS/c13-9-5-7(14)1-4-10(9)18-12-17-16-11(19-12)6-15-8-2-3-8/h1,4-5,8,15H,2-3,6H2. The molecule has 0 saturated heterocycles. The largest absolute Gasteiger partial charge is 0.429 e. The van der Waals surface area contributed by atoms with Crippen LogP contribution in [0.2, 0.25) is 0 Å². The van der Waals surface area contributed by atoms with Crippen molar-refractivity contribution >= 4 is 27.3 Å². The number of nitrogens with zero attached hydrogens (tertiary/aromatic N) is 2. The molecule has 1 aliphatic rings. The number of hydrogen-bond acceptors (Lipinski definition) is 5. The van der Waals surface area contributed by atoms with Crippen LogP contribution in [0.15, 0.2) is 22.7 Å². The summed E-state index contributed by atoms with van der Waals surface area (Å²) in [6, 6.07) is 4.89. The van der Waals surface area contributed by atoms with Gasteiger partial charge in [0, 0.05) is 6.04 Å². The van der Waals surface area contributed by atoms with Crippen molar-refractivity contribution in [3.63, 3.8) is 0 Å². The van der Waals surface area contributed by atoms with Gasteiger partial charge in [0.1, 0.15) is 16.6 Å². The molecule has 0 spiro atoms. The Kier molecular flexibility index (Phi) is 3.76. The molecule has 0 atom stereocenters. The Hall–Kier alpha value is -1.05. The van der Waals surface area contributed by atoms with Crippen molar-refractivity contribution in [3.8, 4) is 10.9 Å². The summed E-state index contributed by atoms with van der Waals surface area (Å²) in [7, 11) is 0. The van der Waals surface area contributed by atoms with Crippen molar-refractivity contribution < 1.29 is 9.13 Å². The van der Waals surface area contributed by atoms with Crippen molar-refractivity contribution in [3.05, 3.63) is 33.5 Å². The lowest BCUT2D eigenvalue weighted by molar-refractivity contribution is 0.468. The minimum atomic E-state index is -0.314. The Morgan fingerprint density at radius 1 is 1.42 bits per heavy atom. The molecule has 1 N–H and O–H groups in total. The average Bonchev–Trinajstić information content (AvgIpc) is 3.10. The number of ether oxygens (including phenoxy) is 1. The fourth-order valence-corrected chi connectivity index (χ4v) is 2.61. The maximum atomic E-state index is 13.0. The lowest BCUT2D eigenvalue weighted by Gasteiger charge is -2.03. The van der Waals surface area contributed by atoms with E-state index in [4.69, 9.17) is 4.74 Å². The van der Waals surface area contributed by atoms with Crippen molar-refractivity contribution in [2.24, 2.45) is 0 Å². The number of aromatic nitrogens is 2. The lowest BCUT2D eigenvalue weighted by atomic mass is 10.3. The first-order valence-corrected chi connectivity index (χ1v) is 7.50. The summed E-state index contributed by atoms with van der Waals surface area (Å²) >= 11 is 4.64. The maximum absolute atomic E-state index is 13.0. The van der Waals surface area contributed by atoms with Crippen LogP contribution in [0.1, 0.15) is 17.8 Å². The van der Waals surface area contributed by atoms with Gasteiger partial charge >= 0.3 is 0 Å². The van der Waals surface area contributed by atoms with Crippen LogP contribution in [0.25, 0.3) is 0 Å². The Balaban J connectivity index is 1.65. The summed E-state index contributed by atoms with van der Waals surface area (Å²) in [6.07, 6.45) is 2.48. The molecule has 1 aliphatic carbocycles. The van der Waals surface area contributed by atoms with Crippen LogP contribution in [-0.2, 0) is 6.54 Å². The van der Waals surface area contributed by atoms with Gasteiger partial charge in [-0.3, -0.25) is 0 Å². The molecular weight excluding hydrogens is 333 g/mol. The number of halogens is 2. The van der Waals surface area contributed by atoms with Crippen molar-refractivity contribution in [2.45, 2.75) is 25.4 Å². The monoisotopic (exact) mass is 343 g/mol. The van der Waals surface area contributed by atoms with E-state index in [9.17, 15) is 4.39 Å². The van der Waals surface area contributed by atoms with Gasteiger partial charge in [0.05, 0.1) is 11.0 Å². The van der Waals surface area contributed by atoms with Crippen LogP contribution in [0.5, 0.6) is 10.9 Å². The normalized spacial score (nSPS) is 14.6. The zero-order valence-corrected chi connectivity index (χ0v) is 12.3. The summed E-state index contributed by atoms with van der Waals surface area (Å²) < 4.78 is 19.1. The topological polar surface area (TPSA) is 47.0 Å². The highest BCUT2D eigenvalue weighted by atomic mass is 79.9. The number of rotatable bonds is 5. The average molecular weight is 344 g/mol. The van der Waals surface area contributed by atoms with Crippen molar-refractivity contribution in [2.75, 3.05) is 0 Å². The van der Waals surface area contributed by atoms with E-state index in [1.54, 1.807) is 6.07 Å². The SMILES string of the molecule is Fc1ccc(Oc2nnc(CNC3CC3)s2)c(Br)c1. The van der Waals surface area contributed by atoms with Crippen LogP contribution in [0.3, 0.4) is 0 Å². The van der Waals surface area contributed by atoms with Crippen LogP contribution < -0.4 is 10.1 Å².